The van der Waals surface area contributed by atoms with Gasteiger partial charge >= 0.3 is 0 Å². The van der Waals surface area contributed by atoms with Crippen molar-refractivity contribution < 1.29 is 9.59 Å². The Morgan fingerprint density at radius 2 is 2.15 bits per heavy atom. The monoisotopic (exact) mass is 387 g/mol. The molecular weight excluding hydrogens is 366 g/mol. The topological polar surface area (TPSA) is 87.2 Å². The van der Waals surface area contributed by atoms with Crippen molar-refractivity contribution in [2.45, 2.75) is 32.5 Å². The van der Waals surface area contributed by atoms with Crippen LogP contribution in [0.2, 0.25) is 5.02 Å². The van der Waals surface area contributed by atoms with E-state index in [1.54, 1.807) is 0 Å². The number of carbonyl (C=O) groups is 2. The van der Waals surface area contributed by atoms with Gasteiger partial charge in [0.25, 0.3) is 0 Å². The van der Waals surface area contributed by atoms with Crippen LogP contribution in [0.1, 0.15) is 23.4 Å². The zero-order valence-corrected chi connectivity index (χ0v) is 15.9. The van der Waals surface area contributed by atoms with Gasteiger partial charge in [-0.05, 0) is 12.5 Å². The maximum atomic E-state index is 12.3. The van der Waals surface area contributed by atoms with Crippen molar-refractivity contribution in [1.29, 1.82) is 0 Å². The fraction of sp³-hybridized carbons (Fsp3) is 0.368. The van der Waals surface area contributed by atoms with Crippen LogP contribution < -0.4 is 10.6 Å². The maximum Gasteiger partial charge on any atom is 0.237 e. The Morgan fingerprint density at radius 3 is 2.89 bits per heavy atom. The Morgan fingerprint density at radius 1 is 1.37 bits per heavy atom. The normalized spacial score (nSPS) is 17.4. The quantitative estimate of drug-likeness (QED) is 0.783. The molecule has 0 aliphatic carbocycles. The van der Waals surface area contributed by atoms with E-state index < -0.39 is 6.04 Å². The maximum absolute atomic E-state index is 12.3. The highest BCUT2D eigenvalue weighted by molar-refractivity contribution is 6.30. The van der Waals surface area contributed by atoms with E-state index in [-0.39, 0.29) is 24.8 Å². The van der Waals surface area contributed by atoms with Gasteiger partial charge in [0.15, 0.2) is 0 Å². The largest absolute Gasteiger partial charge is 0.353 e. The van der Waals surface area contributed by atoms with E-state index in [2.05, 4.69) is 26.7 Å². The first-order chi connectivity index (χ1) is 13.0. The highest BCUT2D eigenvalue weighted by Crippen LogP contribution is 2.15. The Kier molecular flexibility index (Phi) is 6.36. The summed E-state index contributed by atoms with van der Waals surface area (Å²) in [5, 5.41) is 6.05. The third-order valence-electron chi connectivity index (χ3n) is 4.41. The number of amides is 2. The van der Waals surface area contributed by atoms with Crippen molar-refractivity contribution in [3.63, 3.8) is 0 Å². The molecule has 1 aromatic carbocycles. The third-order valence-corrected chi connectivity index (χ3v) is 4.60. The molecular formula is C19H22ClN5O2. The van der Waals surface area contributed by atoms with Crippen molar-refractivity contribution in [2.75, 3.05) is 13.1 Å². The molecule has 8 heteroatoms. The number of nitrogens with zero attached hydrogens (tertiary/aromatic N) is 3. The van der Waals surface area contributed by atoms with Gasteiger partial charge in [0, 0.05) is 32.0 Å². The summed E-state index contributed by atoms with van der Waals surface area (Å²) < 4.78 is 0. The molecule has 1 atom stereocenters. The molecule has 0 spiro atoms. The molecule has 2 aromatic rings. The number of halogens is 1. The lowest BCUT2D eigenvalue weighted by Crippen LogP contribution is -2.56. The second-order valence-electron chi connectivity index (χ2n) is 6.56. The summed E-state index contributed by atoms with van der Waals surface area (Å²) in [6.45, 7) is 4.16. The van der Waals surface area contributed by atoms with Gasteiger partial charge in [-0.1, -0.05) is 41.4 Å². The van der Waals surface area contributed by atoms with Gasteiger partial charge in [0.05, 0.1) is 24.0 Å². The Bertz CT molecular complexity index is 812. The first kappa shape index (κ1) is 19.3. The summed E-state index contributed by atoms with van der Waals surface area (Å²) in [6.07, 6.45) is 3.05. The number of benzene rings is 1. The molecule has 0 unspecified atom stereocenters. The van der Waals surface area contributed by atoms with Crippen LogP contribution in [0, 0.1) is 6.92 Å². The fourth-order valence-electron chi connectivity index (χ4n) is 3.07. The van der Waals surface area contributed by atoms with E-state index in [1.165, 1.54) is 18.0 Å². The smallest absolute Gasteiger partial charge is 0.237 e. The van der Waals surface area contributed by atoms with Crippen LogP contribution in [0.15, 0.2) is 36.7 Å². The molecule has 0 bridgehead atoms. The zero-order valence-electron chi connectivity index (χ0n) is 15.1. The molecule has 2 heterocycles. The molecule has 1 aliphatic rings. The lowest BCUT2D eigenvalue weighted by atomic mass is 10.1. The second-order valence-corrected chi connectivity index (χ2v) is 7.00. The molecule has 1 aromatic heterocycles. The predicted molar refractivity (Wildman–Crippen MR) is 102 cm³/mol. The van der Waals surface area contributed by atoms with Crippen molar-refractivity contribution in [2.24, 2.45) is 0 Å². The lowest BCUT2D eigenvalue weighted by Gasteiger charge is -2.34. The number of carbonyl (C=O) groups excluding carboxylic acids is 2. The first-order valence-corrected chi connectivity index (χ1v) is 9.19. The Hall–Kier alpha value is -2.51. The van der Waals surface area contributed by atoms with Gasteiger partial charge < -0.3 is 10.6 Å². The molecule has 0 radical (unpaired) electrons. The molecule has 2 amide bonds. The fourth-order valence-corrected chi connectivity index (χ4v) is 3.17. The molecule has 7 nitrogen and oxygen atoms in total. The number of hydrogen-bond acceptors (Lipinski definition) is 5. The number of hydrogen-bond donors (Lipinski definition) is 2. The molecule has 2 N–H and O–H groups in total. The van der Waals surface area contributed by atoms with Crippen LogP contribution in [-0.2, 0) is 22.7 Å². The predicted octanol–water partition coefficient (Wildman–Crippen LogP) is 1.45. The minimum atomic E-state index is -0.495. The molecule has 27 heavy (non-hydrogen) atoms. The van der Waals surface area contributed by atoms with E-state index >= 15 is 0 Å². The van der Waals surface area contributed by atoms with Gasteiger partial charge in [-0.25, -0.2) is 9.97 Å². The molecule has 1 aliphatic heterocycles. The molecule has 1 saturated heterocycles. The highest BCUT2D eigenvalue weighted by atomic mass is 35.5. The number of rotatable bonds is 6. The summed E-state index contributed by atoms with van der Waals surface area (Å²) in [4.78, 5) is 34.8. The number of nitrogens with one attached hydrogen (secondary N) is 2. The van der Waals surface area contributed by atoms with Gasteiger partial charge in [-0.3, -0.25) is 14.5 Å². The summed E-state index contributed by atoms with van der Waals surface area (Å²) in [6, 6.07) is 7.68. The summed E-state index contributed by atoms with van der Waals surface area (Å²) in [5.74, 6) is 0.133. The van der Waals surface area contributed by atoms with Gasteiger partial charge in [0.2, 0.25) is 11.8 Å². The van der Waals surface area contributed by atoms with Crippen molar-refractivity contribution in [3.05, 3.63) is 58.6 Å². The first-order valence-electron chi connectivity index (χ1n) is 8.81. The van der Waals surface area contributed by atoms with Crippen LogP contribution in [0.3, 0.4) is 0 Å². The van der Waals surface area contributed by atoms with E-state index in [1.807, 2.05) is 30.0 Å². The standard InChI is InChI=1S/C19H22ClN5O2/c1-13-3-2-4-14(7-13)12-25-6-5-21-19(27)16(25)8-18(26)24-11-17-22-9-15(20)10-23-17/h2-4,7,9-10,16H,5-6,8,11-12H2,1H3,(H,21,27)(H,24,26)/t16-/m0/s1. The van der Waals surface area contributed by atoms with Crippen LogP contribution in [0.5, 0.6) is 0 Å². The number of aromatic nitrogens is 2. The van der Waals surface area contributed by atoms with Crippen LogP contribution in [0.25, 0.3) is 0 Å². The Balaban J connectivity index is 1.59. The highest BCUT2D eigenvalue weighted by Gasteiger charge is 2.31. The zero-order chi connectivity index (χ0) is 19.2. The minimum Gasteiger partial charge on any atom is -0.353 e. The van der Waals surface area contributed by atoms with Crippen LogP contribution >= 0.6 is 11.6 Å². The van der Waals surface area contributed by atoms with E-state index in [0.29, 0.717) is 30.5 Å². The van der Waals surface area contributed by atoms with Gasteiger partial charge in [-0.2, -0.15) is 0 Å². The van der Waals surface area contributed by atoms with E-state index in [9.17, 15) is 9.59 Å². The average molecular weight is 388 g/mol. The molecule has 142 valence electrons. The molecule has 0 saturated carbocycles. The van der Waals surface area contributed by atoms with E-state index in [4.69, 9.17) is 11.6 Å². The number of piperazine rings is 1. The van der Waals surface area contributed by atoms with Crippen molar-refractivity contribution >= 4 is 23.4 Å². The van der Waals surface area contributed by atoms with Crippen molar-refractivity contribution in [1.82, 2.24) is 25.5 Å². The Labute approximate surface area is 163 Å². The number of aryl methyl sites for hydroxylation is 1. The summed E-state index contributed by atoms with van der Waals surface area (Å²) >= 11 is 5.75. The van der Waals surface area contributed by atoms with Crippen LogP contribution in [-0.4, -0.2) is 45.8 Å². The van der Waals surface area contributed by atoms with Crippen LogP contribution in [0.4, 0.5) is 0 Å². The summed E-state index contributed by atoms with van der Waals surface area (Å²) in [7, 11) is 0. The third kappa shape index (κ3) is 5.48. The van der Waals surface area contributed by atoms with Gasteiger partial charge in [0.1, 0.15) is 5.82 Å². The lowest BCUT2D eigenvalue weighted by molar-refractivity contribution is -0.134. The minimum absolute atomic E-state index is 0.0885. The molecule has 3 rings (SSSR count). The van der Waals surface area contributed by atoms with E-state index in [0.717, 1.165) is 5.56 Å². The SMILES string of the molecule is Cc1cccc(CN2CCNC(=O)[C@@H]2CC(=O)NCc2ncc(Cl)cn2)c1. The molecule has 1 fully saturated rings. The second kappa shape index (κ2) is 8.92. The average Bonchev–Trinajstić information content (AvgIpc) is 2.64. The van der Waals surface area contributed by atoms with Gasteiger partial charge in [-0.15, -0.1) is 0 Å². The summed E-state index contributed by atoms with van der Waals surface area (Å²) in [5.41, 5.74) is 2.30. The van der Waals surface area contributed by atoms with Crippen molar-refractivity contribution in [3.8, 4) is 0 Å².